The Labute approximate surface area is 141 Å². The fraction of sp³-hybridized carbons (Fsp3) is 0.588. The predicted octanol–water partition coefficient (Wildman–Crippen LogP) is 2.02. The molecule has 1 aliphatic heterocycles. The molecule has 1 N–H and O–H groups in total. The fourth-order valence-electron chi connectivity index (χ4n) is 3.31. The number of nitrogens with zero attached hydrogens (tertiary/aromatic N) is 2. The molecule has 0 radical (unpaired) electrons. The summed E-state index contributed by atoms with van der Waals surface area (Å²) >= 11 is 0. The van der Waals surface area contributed by atoms with Crippen LogP contribution in [0.4, 0.5) is 0 Å². The highest BCUT2D eigenvalue weighted by Gasteiger charge is 2.40. The number of nitro groups is 1. The first-order chi connectivity index (χ1) is 11.3. The Morgan fingerprint density at radius 3 is 2.79 bits per heavy atom. The highest BCUT2D eigenvalue weighted by atomic mass is 16.6. The summed E-state index contributed by atoms with van der Waals surface area (Å²) in [7, 11) is 0. The summed E-state index contributed by atoms with van der Waals surface area (Å²) in [6.45, 7) is 6.38. The molecule has 0 spiro atoms. The first-order valence-electron chi connectivity index (χ1n) is 8.11. The molecule has 24 heavy (non-hydrogen) atoms. The first kappa shape index (κ1) is 18.2. The summed E-state index contributed by atoms with van der Waals surface area (Å²) < 4.78 is 5.05. The normalized spacial score (nSPS) is 20.1. The van der Waals surface area contributed by atoms with E-state index in [9.17, 15) is 20.0 Å². The predicted molar refractivity (Wildman–Crippen MR) is 88.5 cm³/mol. The molecule has 0 bridgehead atoms. The molecule has 0 aromatic carbocycles. The van der Waals surface area contributed by atoms with E-state index in [2.05, 4.69) is 0 Å². The van der Waals surface area contributed by atoms with Gasteiger partial charge in [-0.1, -0.05) is 13.8 Å². The Morgan fingerprint density at radius 1 is 1.50 bits per heavy atom. The van der Waals surface area contributed by atoms with Crippen molar-refractivity contribution in [2.75, 3.05) is 19.8 Å². The van der Waals surface area contributed by atoms with Crippen LogP contribution in [0.2, 0.25) is 0 Å². The van der Waals surface area contributed by atoms with Crippen molar-refractivity contribution in [2.45, 2.75) is 39.7 Å². The van der Waals surface area contributed by atoms with E-state index in [1.165, 1.54) is 0 Å². The molecule has 0 aromatic rings. The molecule has 0 aromatic heterocycles. The van der Waals surface area contributed by atoms with Crippen LogP contribution in [0, 0.1) is 15.5 Å². The molecule has 2 rings (SSSR count). The lowest BCUT2D eigenvalue weighted by molar-refractivity contribution is -0.419. The molecule has 7 heteroatoms. The highest BCUT2D eigenvalue weighted by Crippen LogP contribution is 2.43. The van der Waals surface area contributed by atoms with Gasteiger partial charge in [0.05, 0.1) is 30.6 Å². The average Bonchev–Trinajstić information content (AvgIpc) is 2.86. The van der Waals surface area contributed by atoms with Gasteiger partial charge in [-0.25, -0.2) is 0 Å². The van der Waals surface area contributed by atoms with Gasteiger partial charge in [0.1, 0.15) is 0 Å². The molecule has 1 unspecified atom stereocenters. The number of rotatable bonds is 7. The number of carbonyl (C=O) groups is 1. The van der Waals surface area contributed by atoms with Crippen molar-refractivity contribution in [2.24, 2.45) is 5.41 Å². The van der Waals surface area contributed by atoms with Gasteiger partial charge in [-0.15, -0.1) is 0 Å². The summed E-state index contributed by atoms with van der Waals surface area (Å²) in [6, 6.07) is -0.0303. The monoisotopic (exact) mass is 336 g/mol. The maximum atomic E-state index is 11.9. The Morgan fingerprint density at radius 2 is 2.21 bits per heavy atom. The molecular weight excluding hydrogens is 312 g/mol. The van der Waals surface area contributed by atoms with Gasteiger partial charge < -0.3 is 14.7 Å². The van der Waals surface area contributed by atoms with E-state index < -0.39 is 10.3 Å². The van der Waals surface area contributed by atoms with Gasteiger partial charge in [0, 0.05) is 23.7 Å². The van der Waals surface area contributed by atoms with Crippen LogP contribution in [0.15, 0.2) is 35.2 Å². The second-order valence-corrected chi connectivity index (χ2v) is 6.59. The van der Waals surface area contributed by atoms with Crippen LogP contribution in [0.3, 0.4) is 0 Å². The average molecular weight is 336 g/mol. The van der Waals surface area contributed by atoms with Crippen molar-refractivity contribution in [3.8, 4) is 0 Å². The van der Waals surface area contributed by atoms with Crippen molar-refractivity contribution in [3.05, 3.63) is 45.3 Å². The van der Waals surface area contributed by atoms with Gasteiger partial charge in [0.2, 0.25) is 0 Å². The Balaban J connectivity index is 2.31. The van der Waals surface area contributed by atoms with E-state index >= 15 is 0 Å². The van der Waals surface area contributed by atoms with E-state index in [1.807, 2.05) is 24.8 Å². The number of allylic oxidation sites excluding steroid dienone is 2. The molecular formula is C17H24N2O5. The number of carbonyl (C=O) groups excluding carboxylic acids is 1. The van der Waals surface area contributed by atoms with E-state index in [4.69, 9.17) is 4.74 Å². The number of esters is 1. The van der Waals surface area contributed by atoms with Crippen molar-refractivity contribution in [3.63, 3.8) is 0 Å². The van der Waals surface area contributed by atoms with Crippen LogP contribution in [0.5, 0.6) is 0 Å². The molecule has 0 amide bonds. The zero-order valence-corrected chi connectivity index (χ0v) is 14.3. The van der Waals surface area contributed by atoms with Crippen LogP contribution in [0.1, 0.15) is 33.6 Å². The zero-order chi connectivity index (χ0) is 17.9. The Kier molecular flexibility index (Phi) is 5.43. The highest BCUT2D eigenvalue weighted by molar-refractivity contribution is 5.71. The third kappa shape index (κ3) is 3.67. The van der Waals surface area contributed by atoms with E-state index in [0.717, 1.165) is 11.3 Å². The van der Waals surface area contributed by atoms with Gasteiger partial charge in [0.25, 0.3) is 5.70 Å². The second-order valence-electron chi connectivity index (χ2n) is 6.59. The van der Waals surface area contributed by atoms with Crippen LogP contribution < -0.4 is 0 Å². The summed E-state index contributed by atoms with van der Waals surface area (Å²) in [4.78, 5) is 24.6. The number of aliphatic hydroxyl groups is 1. The number of β-amino-alcohol motifs (C(OH)–C–C–N with tert-alkyl or cyclic N) is 1. The summed E-state index contributed by atoms with van der Waals surface area (Å²) in [5.41, 5.74) is 1.35. The SMILES string of the molecule is CCOC(=O)CC(C)(C)C1=CC2=CC([N+](=O)[O-])=CCC2N1CCO. The maximum Gasteiger partial charge on any atom is 0.306 e. The minimum atomic E-state index is -0.492. The molecule has 0 saturated carbocycles. The number of fused-ring (bicyclic) bond motifs is 1. The standard InChI is InChI=1S/C17H24N2O5/c1-4-24-16(21)11-17(2,3)15-10-12-9-13(19(22)23)5-6-14(12)18(15)7-8-20/h5,9-10,14,20H,4,6-8,11H2,1-3H3. The van der Waals surface area contributed by atoms with Gasteiger partial charge in [-0.2, -0.15) is 0 Å². The fourth-order valence-corrected chi connectivity index (χ4v) is 3.31. The van der Waals surface area contributed by atoms with E-state index in [0.29, 0.717) is 19.6 Å². The van der Waals surface area contributed by atoms with Crippen LogP contribution in [0.25, 0.3) is 0 Å². The largest absolute Gasteiger partial charge is 0.466 e. The molecule has 1 aliphatic carbocycles. The molecule has 0 fully saturated rings. The Hall–Kier alpha value is -2.15. The van der Waals surface area contributed by atoms with E-state index in [1.54, 1.807) is 19.1 Å². The lowest BCUT2D eigenvalue weighted by atomic mass is 9.85. The molecule has 2 aliphatic rings. The smallest absolute Gasteiger partial charge is 0.306 e. The van der Waals surface area contributed by atoms with Gasteiger partial charge in [-0.3, -0.25) is 14.9 Å². The number of hydrogen-bond donors (Lipinski definition) is 1. The van der Waals surface area contributed by atoms with E-state index in [-0.39, 0.29) is 30.7 Å². The molecule has 7 nitrogen and oxygen atoms in total. The molecule has 1 heterocycles. The molecule has 0 saturated heterocycles. The van der Waals surface area contributed by atoms with Crippen LogP contribution in [-0.4, -0.2) is 46.7 Å². The molecule has 1 atom stereocenters. The third-order valence-electron chi connectivity index (χ3n) is 4.38. The number of hydrogen-bond acceptors (Lipinski definition) is 6. The lowest BCUT2D eigenvalue weighted by Crippen LogP contribution is -2.39. The van der Waals surface area contributed by atoms with Gasteiger partial charge in [0.15, 0.2) is 0 Å². The quantitative estimate of drug-likeness (QED) is 0.434. The zero-order valence-electron chi connectivity index (χ0n) is 14.3. The first-order valence-corrected chi connectivity index (χ1v) is 8.11. The van der Waals surface area contributed by atoms with Crippen molar-refractivity contribution in [1.29, 1.82) is 0 Å². The van der Waals surface area contributed by atoms with Crippen molar-refractivity contribution < 1.29 is 19.6 Å². The lowest BCUT2D eigenvalue weighted by Gasteiger charge is -2.37. The minimum Gasteiger partial charge on any atom is -0.466 e. The number of ether oxygens (including phenoxy) is 1. The van der Waals surface area contributed by atoms with Crippen molar-refractivity contribution in [1.82, 2.24) is 4.90 Å². The third-order valence-corrected chi connectivity index (χ3v) is 4.38. The second kappa shape index (κ2) is 7.17. The Bertz CT molecular complexity index is 618. The maximum absolute atomic E-state index is 11.9. The molecule has 132 valence electrons. The van der Waals surface area contributed by atoms with Crippen LogP contribution >= 0.6 is 0 Å². The summed E-state index contributed by atoms with van der Waals surface area (Å²) in [5, 5.41) is 20.4. The van der Waals surface area contributed by atoms with Gasteiger partial charge in [-0.05, 0) is 31.1 Å². The minimum absolute atomic E-state index is 0.0254. The summed E-state index contributed by atoms with van der Waals surface area (Å²) in [6.07, 6.45) is 5.82. The summed E-state index contributed by atoms with van der Waals surface area (Å²) in [5.74, 6) is -0.277. The topological polar surface area (TPSA) is 92.9 Å². The van der Waals surface area contributed by atoms with Gasteiger partial charge >= 0.3 is 5.97 Å². The van der Waals surface area contributed by atoms with Crippen LogP contribution in [-0.2, 0) is 9.53 Å². The van der Waals surface area contributed by atoms with Crippen molar-refractivity contribution >= 4 is 5.97 Å². The number of aliphatic hydroxyl groups excluding tert-OH is 1.